The zero-order chi connectivity index (χ0) is 22.3. The lowest BCUT2D eigenvalue weighted by Gasteiger charge is -2.17. The molecular formula is C24H27FN6O. The van der Waals surface area contributed by atoms with Crippen LogP contribution in [0.4, 0.5) is 15.9 Å². The molecule has 1 N–H and O–H groups in total. The molecule has 7 nitrogen and oxygen atoms in total. The van der Waals surface area contributed by atoms with Crippen LogP contribution in [0.1, 0.15) is 45.1 Å². The second-order valence-electron chi connectivity index (χ2n) is 7.62. The first-order valence-electron chi connectivity index (χ1n) is 11.0. The highest BCUT2D eigenvalue weighted by atomic mass is 19.1. The molecule has 0 fully saturated rings. The van der Waals surface area contributed by atoms with Crippen LogP contribution in [0.25, 0.3) is 17.0 Å². The van der Waals surface area contributed by atoms with E-state index in [-0.39, 0.29) is 11.8 Å². The molecule has 4 heterocycles. The van der Waals surface area contributed by atoms with Crippen molar-refractivity contribution in [3.8, 4) is 11.5 Å². The molecule has 4 aromatic rings. The summed E-state index contributed by atoms with van der Waals surface area (Å²) in [6.07, 6.45) is 10.7. The van der Waals surface area contributed by atoms with E-state index in [9.17, 15) is 4.39 Å². The van der Waals surface area contributed by atoms with Gasteiger partial charge < -0.3 is 10.1 Å². The molecule has 8 heteroatoms. The first kappa shape index (κ1) is 21.8. The van der Waals surface area contributed by atoms with Crippen LogP contribution in [0.5, 0.6) is 0 Å². The Kier molecular flexibility index (Phi) is 7.01. The van der Waals surface area contributed by atoms with Gasteiger partial charge in [-0.15, -0.1) is 5.10 Å². The van der Waals surface area contributed by atoms with E-state index in [1.807, 2.05) is 30.5 Å². The van der Waals surface area contributed by atoms with Gasteiger partial charge in [-0.05, 0) is 37.1 Å². The van der Waals surface area contributed by atoms with E-state index < -0.39 is 5.82 Å². The Bertz CT molecular complexity index is 1160. The Morgan fingerprint density at radius 2 is 1.94 bits per heavy atom. The summed E-state index contributed by atoms with van der Waals surface area (Å²) in [7, 11) is 0. The third-order valence-corrected chi connectivity index (χ3v) is 5.21. The van der Waals surface area contributed by atoms with Crippen LogP contribution in [0.15, 0.2) is 55.1 Å². The molecular weight excluding hydrogens is 407 g/mol. The number of aromatic nitrogens is 5. The smallest absolute Gasteiger partial charge is 0.200 e. The van der Waals surface area contributed by atoms with E-state index in [0.717, 1.165) is 36.8 Å². The molecule has 32 heavy (non-hydrogen) atoms. The Balaban J connectivity index is 1.74. The van der Waals surface area contributed by atoms with E-state index in [2.05, 4.69) is 34.2 Å². The van der Waals surface area contributed by atoms with Crippen LogP contribution < -0.4 is 5.32 Å². The second kappa shape index (κ2) is 10.3. The van der Waals surface area contributed by atoms with Crippen molar-refractivity contribution >= 4 is 17.0 Å². The first-order chi connectivity index (χ1) is 15.7. The molecule has 4 rings (SSSR count). The summed E-state index contributed by atoms with van der Waals surface area (Å²) < 4.78 is 22.3. The number of fused-ring (bicyclic) bond motifs is 1. The van der Waals surface area contributed by atoms with Crippen molar-refractivity contribution in [1.82, 2.24) is 24.6 Å². The van der Waals surface area contributed by atoms with Gasteiger partial charge in [0.25, 0.3) is 0 Å². The maximum Gasteiger partial charge on any atom is 0.200 e. The van der Waals surface area contributed by atoms with Crippen molar-refractivity contribution in [2.75, 3.05) is 5.32 Å². The number of anilines is 2. The molecule has 0 aromatic carbocycles. The van der Waals surface area contributed by atoms with Gasteiger partial charge in [-0.3, -0.25) is 9.97 Å². The summed E-state index contributed by atoms with van der Waals surface area (Å²) >= 11 is 0. The van der Waals surface area contributed by atoms with Crippen LogP contribution in [0.3, 0.4) is 0 Å². The molecule has 0 aliphatic heterocycles. The lowest BCUT2D eigenvalue weighted by Crippen LogP contribution is -2.12. The molecule has 166 valence electrons. The van der Waals surface area contributed by atoms with E-state index in [0.29, 0.717) is 23.9 Å². The number of nitrogens with one attached hydrogen (secondary N) is 1. The summed E-state index contributed by atoms with van der Waals surface area (Å²) in [5, 5.41) is 7.75. The molecule has 0 amide bonds. The van der Waals surface area contributed by atoms with Gasteiger partial charge in [-0.2, -0.15) is 0 Å². The van der Waals surface area contributed by atoms with Crippen molar-refractivity contribution in [3.63, 3.8) is 0 Å². The number of pyridine rings is 2. The Hall–Kier alpha value is -3.39. The highest BCUT2D eigenvalue weighted by Crippen LogP contribution is 2.28. The molecule has 0 unspecified atom stereocenters. The van der Waals surface area contributed by atoms with E-state index in [1.165, 1.54) is 12.4 Å². The van der Waals surface area contributed by atoms with E-state index >= 15 is 0 Å². The minimum atomic E-state index is -0.459. The predicted octanol–water partition coefficient (Wildman–Crippen LogP) is 5.55. The van der Waals surface area contributed by atoms with Gasteiger partial charge >= 0.3 is 0 Å². The monoisotopic (exact) mass is 434 g/mol. The number of hydrogen-bond donors (Lipinski definition) is 1. The Morgan fingerprint density at radius 1 is 1.09 bits per heavy atom. The maximum atomic E-state index is 14.3. The fourth-order valence-corrected chi connectivity index (χ4v) is 3.66. The zero-order valence-corrected chi connectivity index (χ0v) is 18.3. The summed E-state index contributed by atoms with van der Waals surface area (Å²) in [5.41, 5.74) is 2.60. The molecule has 0 radical (unpaired) electrons. The summed E-state index contributed by atoms with van der Waals surface area (Å²) in [6.45, 7) is 4.76. The van der Waals surface area contributed by atoms with Gasteiger partial charge in [0.1, 0.15) is 11.2 Å². The summed E-state index contributed by atoms with van der Waals surface area (Å²) in [5.74, 6) is 0.462. The molecule has 0 aliphatic rings. The van der Waals surface area contributed by atoms with Gasteiger partial charge in [0.2, 0.25) is 5.82 Å². The fraction of sp³-hybridized carbons (Fsp3) is 0.333. The molecule has 0 aliphatic carbocycles. The average molecular weight is 435 g/mol. The minimum Gasteiger partial charge on any atom is -0.373 e. The maximum absolute atomic E-state index is 14.3. The lowest BCUT2D eigenvalue weighted by molar-refractivity contribution is 0.0292. The number of hydrogen-bond acceptors (Lipinski definition) is 6. The zero-order valence-electron chi connectivity index (χ0n) is 18.3. The fourth-order valence-electron chi connectivity index (χ4n) is 3.66. The molecule has 0 spiro atoms. The largest absolute Gasteiger partial charge is 0.373 e. The number of halogens is 1. The van der Waals surface area contributed by atoms with Crippen LogP contribution in [-0.2, 0) is 11.3 Å². The van der Waals surface area contributed by atoms with Gasteiger partial charge in [0, 0.05) is 24.2 Å². The number of ether oxygens (including phenoxy) is 1. The highest BCUT2D eigenvalue weighted by Gasteiger charge is 2.17. The van der Waals surface area contributed by atoms with Gasteiger partial charge in [-0.1, -0.05) is 32.8 Å². The van der Waals surface area contributed by atoms with Crippen LogP contribution in [-0.4, -0.2) is 30.7 Å². The van der Waals surface area contributed by atoms with Crippen molar-refractivity contribution in [1.29, 1.82) is 0 Å². The van der Waals surface area contributed by atoms with Crippen molar-refractivity contribution < 1.29 is 9.13 Å². The number of rotatable bonds is 10. The predicted molar refractivity (Wildman–Crippen MR) is 122 cm³/mol. The molecule has 0 saturated heterocycles. The van der Waals surface area contributed by atoms with Crippen molar-refractivity contribution in [3.05, 3.63) is 66.5 Å². The summed E-state index contributed by atoms with van der Waals surface area (Å²) in [6, 6.07) is 9.09. The van der Waals surface area contributed by atoms with Crippen molar-refractivity contribution in [2.24, 2.45) is 0 Å². The quantitative estimate of drug-likeness (QED) is 0.352. The molecule has 4 aromatic heterocycles. The van der Waals surface area contributed by atoms with Gasteiger partial charge in [-0.25, -0.2) is 13.9 Å². The van der Waals surface area contributed by atoms with E-state index in [1.54, 1.807) is 16.8 Å². The average Bonchev–Trinajstić information content (AvgIpc) is 3.23. The van der Waals surface area contributed by atoms with Gasteiger partial charge in [0.15, 0.2) is 11.6 Å². The second-order valence-corrected chi connectivity index (χ2v) is 7.62. The van der Waals surface area contributed by atoms with E-state index in [4.69, 9.17) is 9.72 Å². The van der Waals surface area contributed by atoms with Crippen LogP contribution in [0.2, 0.25) is 0 Å². The first-order valence-corrected chi connectivity index (χ1v) is 11.0. The molecule has 0 saturated carbocycles. The Labute approximate surface area is 186 Å². The molecule has 0 atom stereocenters. The minimum absolute atomic E-state index is 0.211. The Morgan fingerprint density at radius 3 is 2.66 bits per heavy atom. The lowest BCUT2D eigenvalue weighted by atomic mass is 10.1. The standard InChI is InChI=1S/C24H27FN6O/c1-3-7-18(8-4-2)32-16-17-11-14-31-22(17)24(28-20-10-13-26-15-19(20)25)29-23(30-31)21-9-5-6-12-27-21/h5-6,9-15,18H,3-4,7-8,16H2,1-2H3,(H,26,28,29,30). The highest BCUT2D eigenvalue weighted by molar-refractivity contribution is 5.78. The van der Waals surface area contributed by atoms with Crippen LogP contribution in [0, 0.1) is 5.82 Å². The normalized spacial score (nSPS) is 11.4. The van der Waals surface area contributed by atoms with Crippen molar-refractivity contribution in [2.45, 2.75) is 52.2 Å². The molecule has 0 bridgehead atoms. The third kappa shape index (κ3) is 4.91. The topological polar surface area (TPSA) is 77.2 Å². The SMILES string of the molecule is CCCC(CCC)OCc1ccn2nc(-c3ccccn3)nc(Nc3ccncc3F)c12. The van der Waals surface area contributed by atoms with Gasteiger partial charge in [0.05, 0.1) is 24.6 Å². The third-order valence-electron chi connectivity index (χ3n) is 5.21. The summed E-state index contributed by atoms with van der Waals surface area (Å²) in [4.78, 5) is 12.9. The van der Waals surface area contributed by atoms with Crippen LogP contribution >= 0.6 is 0 Å². The number of nitrogens with zero attached hydrogens (tertiary/aromatic N) is 5.